The van der Waals surface area contributed by atoms with E-state index in [9.17, 15) is 18.4 Å². The summed E-state index contributed by atoms with van der Waals surface area (Å²) in [5.41, 5.74) is 1.36. The average Bonchev–Trinajstić information content (AvgIpc) is 2.88. The Labute approximate surface area is 154 Å². The molecule has 6 heteroatoms. The van der Waals surface area contributed by atoms with Crippen molar-refractivity contribution >= 4 is 28.3 Å². The molecule has 2 N–H and O–H groups in total. The molecule has 138 valence electrons. The molecule has 3 aromatic rings. The highest BCUT2D eigenvalue weighted by atomic mass is 19.1. The average molecular weight is 368 g/mol. The maximum Gasteiger partial charge on any atom is 0.227 e. The molecule has 27 heavy (non-hydrogen) atoms. The summed E-state index contributed by atoms with van der Waals surface area (Å²) in [7, 11) is 0. The number of ketones is 1. The van der Waals surface area contributed by atoms with E-state index < -0.39 is 23.0 Å². The normalized spacial score (nSPS) is 14.2. The lowest BCUT2D eigenvalue weighted by Gasteiger charge is -2.24. The van der Waals surface area contributed by atoms with Crippen LogP contribution in [-0.4, -0.2) is 16.7 Å². The van der Waals surface area contributed by atoms with Crippen LogP contribution in [0.15, 0.2) is 36.4 Å². The van der Waals surface area contributed by atoms with Gasteiger partial charge in [-0.2, -0.15) is 0 Å². The molecule has 1 heterocycles. The Kier molecular flexibility index (Phi) is 4.26. The number of anilines is 1. The largest absolute Gasteiger partial charge is 0.358 e. The zero-order chi connectivity index (χ0) is 19.1. The van der Waals surface area contributed by atoms with Crippen LogP contribution in [-0.2, 0) is 4.79 Å². The summed E-state index contributed by atoms with van der Waals surface area (Å²) in [5.74, 6) is -2.54. The first-order valence-corrected chi connectivity index (χ1v) is 8.87. The number of hydrogen-bond acceptors (Lipinski definition) is 2. The number of hydrogen-bond donors (Lipinski definition) is 2. The molecule has 2 aromatic carbocycles. The second-order valence-corrected chi connectivity index (χ2v) is 6.93. The molecule has 0 bridgehead atoms. The minimum absolute atomic E-state index is 0.0299. The van der Waals surface area contributed by atoms with Gasteiger partial charge in [0.15, 0.2) is 0 Å². The molecule has 0 radical (unpaired) electrons. The maximum absolute atomic E-state index is 14.1. The Hall–Kier alpha value is -3.02. The van der Waals surface area contributed by atoms with Gasteiger partial charge < -0.3 is 10.3 Å². The molecule has 1 saturated carbocycles. The van der Waals surface area contributed by atoms with Crippen LogP contribution in [0.25, 0.3) is 10.9 Å². The Morgan fingerprint density at radius 1 is 1.07 bits per heavy atom. The summed E-state index contributed by atoms with van der Waals surface area (Å²) in [6.45, 7) is 1.68. The van der Waals surface area contributed by atoms with Crippen molar-refractivity contribution in [1.29, 1.82) is 0 Å². The molecule has 4 rings (SSSR count). The molecule has 0 spiro atoms. The van der Waals surface area contributed by atoms with Crippen LogP contribution < -0.4 is 5.32 Å². The van der Waals surface area contributed by atoms with E-state index in [4.69, 9.17) is 0 Å². The molecule has 1 aliphatic rings. The fraction of sp³-hybridized carbons (Fsp3) is 0.238. The number of carbonyl (C=O) groups excluding carboxylic acids is 2. The highest BCUT2D eigenvalue weighted by Crippen LogP contribution is 2.31. The molecular formula is C21H18F2N2O2. The molecule has 4 nitrogen and oxygen atoms in total. The molecular weight excluding hydrogens is 350 g/mol. The van der Waals surface area contributed by atoms with E-state index in [0.717, 1.165) is 31.4 Å². The lowest BCUT2D eigenvalue weighted by molar-refractivity contribution is -0.122. The van der Waals surface area contributed by atoms with Crippen molar-refractivity contribution in [2.24, 2.45) is 5.92 Å². The molecule has 1 fully saturated rings. The summed E-state index contributed by atoms with van der Waals surface area (Å²) in [6.07, 6.45) is 2.82. The van der Waals surface area contributed by atoms with E-state index in [1.165, 1.54) is 6.07 Å². The SMILES string of the molecule is Cc1[nH]c2ccc(NC(=O)C3CCC3)cc2c1C(=O)c1c(F)cccc1F. The van der Waals surface area contributed by atoms with Gasteiger partial charge in [0, 0.05) is 28.2 Å². The van der Waals surface area contributed by atoms with Crippen molar-refractivity contribution in [1.82, 2.24) is 4.98 Å². The number of amides is 1. The number of halogens is 2. The lowest BCUT2D eigenvalue weighted by Crippen LogP contribution is -2.27. The number of carbonyl (C=O) groups is 2. The van der Waals surface area contributed by atoms with Gasteiger partial charge in [0.05, 0.1) is 11.1 Å². The van der Waals surface area contributed by atoms with E-state index in [2.05, 4.69) is 10.3 Å². The number of aromatic nitrogens is 1. The predicted molar refractivity (Wildman–Crippen MR) is 98.8 cm³/mol. The van der Waals surface area contributed by atoms with Gasteiger partial charge in [-0.3, -0.25) is 9.59 Å². The second kappa shape index (κ2) is 6.61. The summed E-state index contributed by atoms with van der Waals surface area (Å²) in [5, 5.41) is 3.38. The number of H-pyrrole nitrogens is 1. The van der Waals surface area contributed by atoms with Crippen molar-refractivity contribution < 1.29 is 18.4 Å². The first-order valence-electron chi connectivity index (χ1n) is 8.87. The van der Waals surface area contributed by atoms with Crippen molar-refractivity contribution in [3.05, 3.63) is 64.9 Å². The third-order valence-corrected chi connectivity index (χ3v) is 5.15. The Bertz CT molecular complexity index is 1050. The van der Waals surface area contributed by atoms with E-state index in [1.54, 1.807) is 25.1 Å². The third-order valence-electron chi connectivity index (χ3n) is 5.15. The third kappa shape index (κ3) is 3.01. The summed E-state index contributed by atoms with van der Waals surface area (Å²) in [4.78, 5) is 28.1. The van der Waals surface area contributed by atoms with Gasteiger partial charge in [0.2, 0.25) is 11.7 Å². The summed E-state index contributed by atoms with van der Waals surface area (Å²) >= 11 is 0. The minimum Gasteiger partial charge on any atom is -0.358 e. The van der Waals surface area contributed by atoms with Crippen LogP contribution in [0.2, 0.25) is 0 Å². The zero-order valence-electron chi connectivity index (χ0n) is 14.7. The highest BCUT2D eigenvalue weighted by Gasteiger charge is 2.26. The van der Waals surface area contributed by atoms with Crippen LogP contribution in [0, 0.1) is 24.5 Å². The van der Waals surface area contributed by atoms with Crippen molar-refractivity contribution in [2.75, 3.05) is 5.32 Å². The van der Waals surface area contributed by atoms with Gasteiger partial charge in [-0.25, -0.2) is 8.78 Å². The van der Waals surface area contributed by atoms with Gasteiger partial charge in [0.25, 0.3) is 0 Å². The molecule has 0 atom stereocenters. The van der Waals surface area contributed by atoms with E-state index in [-0.39, 0.29) is 17.4 Å². The van der Waals surface area contributed by atoms with Crippen LogP contribution in [0.3, 0.4) is 0 Å². The van der Waals surface area contributed by atoms with Gasteiger partial charge in [-0.05, 0) is 50.1 Å². The first-order chi connectivity index (χ1) is 13.0. The number of aryl methyl sites for hydroxylation is 1. The van der Waals surface area contributed by atoms with Crippen LogP contribution in [0.5, 0.6) is 0 Å². The van der Waals surface area contributed by atoms with Crippen molar-refractivity contribution in [3.63, 3.8) is 0 Å². The van der Waals surface area contributed by atoms with Crippen molar-refractivity contribution in [3.8, 4) is 0 Å². The van der Waals surface area contributed by atoms with Gasteiger partial charge in [-0.1, -0.05) is 12.5 Å². The first kappa shape index (κ1) is 17.4. The van der Waals surface area contributed by atoms with Gasteiger partial charge >= 0.3 is 0 Å². The number of aromatic amines is 1. The Morgan fingerprint density at radius 2 is 1.78 bits per heavy atom. The fourth-order valence-corrected chi connectivity index (χ4v) is 3.45. The predicted octanol–water partition coefficient (Wildman–Crippen LogP) is 4.72. The zero-order valence-corrected chi connectivity index (χ0v) is 14.7. The number of benzene rings is 2. The minimum atomic E-state index is -0.900. The van der Waals surface area contributed by atoms with Crippen molar-refractivity contribution in [2.45, 2.75) is 26.2 Å². The lowest BCUT2D eigenvalue weighted by atomic mass is 9.85. The van der Waals surface area contributed by atoms with Gasteiger partial charge in [-0.15, -0.1) is 0 Å². The molecule has 0 aliphatic heterocycles. The smallest absolute Gasteiger partial charge is 0.227 e. The summed E-state index contributed by atoms with van der Waals surface area (Å²) in [6, 6.07) is 8.49. The molecule has 1 aromatic heterocycles. The van der Waals surface area contributed by atoms with Crippen LogP contribution >= 0.6 is 0 Å². The van der Waals surface area contributed by atoms with Crippen LogP contribution in [0.4, 0.5) is 14.5 Å². The highest BCUT2D eigenvalue weighted by molar-refractivity contribution is 6.18. The fourth-order valence-electron chi connectivity index (χ4n) is 3.45. The standard InChI is InChI=1S/C21H18F2N2O2/c1-11-18(20(26)19-15(22)6-3-7-16(19)23)14-10-13(8-9-17(14)24-11)25-21(27)12-4-2-5-12/h3,6-10,12,24H,2,4-5H2,1H3,(H,25,27). The van der Waals surface area contributed by atoms with E-state index in [0.29, 0.717) is 22.3 Å². The topological polar surface area (TPSA) is 62.0 Å². The Balaban J connectivity index is 1.76. The maximum atomic E-state index is 14.1. The monoisotopic (exact) mass is 368 g/mol. The molecule has 0 saturated heterocycles. The van der Waals surface area contributed by atoms with E-state index >= 15 is 0 Å². The molecule has 0 unspecified atom stereocenters. The van der Waals surface area contributed by atoms with E-state index in [1.807, 2.05) is 0 Å². The summed E-state index contributed by atoms with van der Waals surface area (Å²) < 4.78 is 28.2. The number of nitrogens with one attached hydrogen (secondary N) is 2. The van der Waals surface area contributed by atoms with Crippen LogP contribution in [0.1, 0.15) is 40.9 Å². The van der Waals surface area contributed by atoms with Gasteiger partial charge in [0.1, 0.15) is 11.6 Å². The Morgan fingerprint density at radius 3 is 2.41 bits per heavy atom. The number of rotatable bonds is 4. The second-order valence-electron chi connectivity index (χ2n) is 6.93. The molecule has 1 aliphatic carbocycles. The number of fused-ring (bicyclic) bond motifs is 1. The quantitative estimate of drug-likeness (QED) is 0.655. The molecule has 1 amide bonds.